The first-order valence-electron chi connectivity index (χ1n) is 6.35. The Labute approximate surface area is 117 Å². The molecule has 1 aliphatic heterocycles. The summed E-state index contributed by atoms with van der Waals surface area (Å²) in [6.07, 6.45) is 3.81. The number of rotatable bonds is 7. The Balaban J connectivity index is 1.93. The molecule has 0 bridgehead atoms. The topological polar surface area (TPSA) is 78.3 Å². The molecule has 19 heavy (non-hydrogen) atoms. The maximum Gasteiger partial charge on any atom is 0.191 e. The molecule has 0 amide bonds. The van der Waals surface area contributed by atoms with Gasteiger partial charge in [-0.2, -0.15) is 0 Å². The first-order chi connectivity index (χ1) is 9.28. The number of oxime groups is 1. The minimum absolute atomic E-state index is 0.134. The van der Waals surface area contributed by atoms with Gasteiger partial charge in [-0.05, 0) is 6.42 Å². The highest BCUT2D eigenvalue weighted by atomic mass is 32.2. The highest BCUT2D eigenvalue weighted by Gasteiger charge is 2.21. The number of hydrogen-bond acceptors (Lipinski definition) is 6. The Bertz CT molecular complexity index is 471. The van der Waals surface area contributed by atoms with Crippen LogP contribution in [0.25, 0.3) is 0 Å². The fourth-order valence-electron chi connectivity index (χ4n) is 1.84. The second-order valence-electron chi connectivity index (χ2n) is 4.26. The van der Waals surface area contributed by atoms with Gasteiger partial charge >= 0.3 is 0 Å². The summed E-state index contributed by atoms with van der Waals surface area (Å²) >= 11 is 1.62. The normalized spacial score (nSPS) is 18.2. The SMILES string of the molecule is C=CCn1c(CN)nnc1SC[C@@H]1CC(CC)=NO1. The van der Waals surface area contributed by atoms with E-state index in [1.807, 2.05) is 10.6 Å². The van der Waals surface area contributed by atoms with Crippen molar-refractivity contribution in [2.75, 3.05) is 5.75 Å². The van der Waals surface area contributed by atoms with E-state index in [-0.39, 0.29) is 6.10 Å². The number of allylic oxidation sites excluding steroid dienone is 1. The first-order valence-corrected chi connectivity index (χ1v) is 7.34. The van der Waals surface area contributed by atoms with Gasteiger partial charge in [0.1, 0.15) is 11.9 Å². The molecular weight excluding hydrogens is 262 g/mol. The number of aromatic nitrogens is 3. The summed E-state index contributed by atoms with van der Waals surface area (Å²) in [6, 6.07) is 0. The second kappa shape index (κ2) is 6.72. The van der Waals surface area contributed by atoms with Crippen molar-refractivity contribution in [3.63, 3.8) is 0 Å². The molecule has 2 rings (SSSR count). The van der Waals surface area contributed by atoms with Gasteiger partial charge in [-0.25, -0.2) is 0 Å². The summed E-state index contributed by atoms with van der Waals surface area (Å²) in [5.41, 5.74) is 6.76. The van der Waals surface area contributed by atoms with Crippen LogP contribution in [0.4, 0.5) is 0 Å². The molecule has 7 heteroatoms. The molecule has 2 heterocycles. The van der Waals surface area contributed by atoms with Gasteiger partial charge in [0.15, 0.2) is 5.16 Å². The van der Waals surface area contributed by atoms with Crippen molar-refractivity contribution in [1.82, 2.24) is 14.8 Å². The molecule has 0 unspecified atom stereocenters. The fraction of sp³-hybridized carbons (Fsp3) is 0.583. The number of nitrogens with two attached hydrogens (primary N) is 1. The van der Waals surface area contributed by atoms with Crippen LogP contribution >= 0.6 is 11.8 Å². The average Bonchev–Trinajstić information content (AvgIpc) is 3.03. The summed E-state index contributed by atoms with van der Waals surface area (Å²) in [7, 11) is 0. The van der Waals surface area contributed by atoms with Crippen molar-refractivity contribution < 1.29 is 4.84 Å². The lowest BCUT2D eigenvalue weighted by atomic mass is 10.2. The fourth-order valence-corrected chi connectivity index (χ4v) is 2.79. The predicted octanol–water partition coefficient (Wildman–Crippen LogP) is 1.57. The maximum atomic E-state index is 5.64. The third kappa shape index (κ3) is 3.36. The molecule has 1 atom stereocenters. The average molecular weight is 281 g/mol. The third-order valence-corrected chi connectivity index (χ3v) is 3.99. The lowest BCUT2D eigenvalue weighted by Crippen LogP contribution is -2.12. The van der Waals surface area contributed by atoms with Crippen molar-refractivity contribution >= 4 is 17.5 Å². The Morgan fingerprint density at radius 3 is 3.05 bits per heavy atom. The molecule has 0 fully saturated rings. The molecule has 1 aromatic rings. The zero-order chi connectivity index (χ0) is 13.7. The summed E-state index contributed by atoms with van der Waals surface area (Å²) in [4.78, 5) is 5.38. The van der Waals surface area contributed by atoms with Crippen LogP contribution in [-0.2, 0) is 17.9 Å². The molecule has 0 saturated heterocycles. The molecule has 0 radical (unpaired) electrons. The smallest absolute Gasteiger partial charge is 0.191 e. The van der Waals surface area contributed by atoms with Gasteiger partial charge in [-0.1, -0.05) is 29.9 Å². The number of thioether (sulfide) groups is 1. The van der Waals surface area contributed by atoms with E-state index in [9.17, 15) is 0 Å². The summed E-state index contributed by atoms with van der Waals surface area (Å²) in [6.45, 7) is 6.88. The predicted molar refractivity (Wildman–Crippen MR) is 76.1 cm³/mol. The van der Waals surface area contributed by atoms with E-state index in [0.29, 0.717) is 13.1 Å². The van der Waals surface area contributed by atoms with Crippen molar-refractivity contribution in [3.05, 3.63) is 18.5 Å². The van der Waals surface area contributed by atoms with Crippen LogP contribution in [0.15, 0.2) is 23.0 Å². The standard InChI is InChI=1S/C12H19N5OS/c1-3-5-17-11(7-13)14-15-12(17)19-8-10-6-9(4-2)16-18-10/h3,10H,1,4-8,13H2,2H3/t10-/m0/s1. The van der Waals surface area contributed by atoms with Crippen LogP contribution in [0.5, 0.6) is 0 Å². The molecule has 0 aliphatic carbocycles. The molecule has 1 aromatic heterocycles. The quantitative estimate of drug-likeness (QED) is 0.606. The van der Waals surface area contributed by atoms with Gasteiger partial charge in [0.25, 0.3) is 0 Å². The van der Waals surface area contributed by atoms with Crippen molar-refractivity contribution in [2.45, 2.75) is 44.1 Å². The van der Waals surface area contributed by atoms with Crippen LogP contribution in [0.1, 0.15) is 25.6 Å². The zero-order valence-corrected chi connectivity index (χ0v) is 11.9. The van der Waals surface area contributed by atoms with E-state index in [0.717, 1.165) is 35.3 Å². The number of hydrogen-bond donors (Lipinski definition) is 1. The lowest BCUT2D eigenvalue weighted by molar-refractivity contribution is 0.103. The monoisotopic (exact) mass is 281 g/mol. The Morgan fingerprint density at radius 1 is 1.58 bits per heavy atom. The van der Waals surface area contributed by atoms with Crippen LogP contribution in [0, 0.1) is 0 Å². The highest BCUT2D eigenvalue weighted by molar-refractivity contribution is 7.99. The Kier molecular flexibility index (Phi) is 4.98. The molecular formula is C12H19N5OS. The van der Waals surface area contributed by atoms with Crippen molar-refractivity contribution in [2.24, 2.45) is 10.9 Å². The molecule has 0 spiro atoms. The molecule has 6 nitrogen and oxygen atoms in total. The van der Waals surface area contributed by atoms with Gasteiger partial charge in [0.2, 0.25) is 0 Å². The van der Waals surface area contributed by atoms with E-state index in [4.69, 9.17) is 10.6 Å². The van der Waals surface area contributed by atoms with Gasteiger partial charge in [0, 0.05) is 18.7 Å². The van der Waals surface area contributed by atoms with Crippen LogP contribution < -0.4 is 5.73 Å². The molecule has 2 N–H and O–H groups in total. The van der Waals surface area contributed by atoms with E-state index in [1.165, 1.54) is 0 Å². The summed E-state index contributed by atoms with van der Waals surface area (Å²) in [5, 5.41) is 13.1. The van der Waals surface area contributed by atoms with E-state index >= 15 is 0 Å². The van der Waals surface area contributed by atoms with Crippen LogP contribution in [-0.4, -0.2) is 32.3 Å². The lowest BCUT2D eigenvalue weighted by Gasteiger charge is -2.09. The summed E-state index contributed by atoms with van der Waals surface area (Å²) in [5.74, 6) is 1.59. The van der Waals surface area contributed by atoms with Crippen LogP contribution in [0.2, 0.25) is 0 Å². The largest absolute Gasteiger partial charge is 0.391 e. The zero-order valence-electron chi connectivity index (χ0n) is 11.1. The molecule has 104 valence electrons. The number of nitrogens with zero attached hydrogens (tertiary/aromatic N) is 4. The first kappa shape index (κ1) is 14.1. The minimum atomic E-state index is 0.134. The van der Waals surface area contributed by atoms with E-state index < -0.39 is 0 Å². The maximum absolute atomic E-state index is 5.64. The van der Waals surface area contributed by atoms with Gasteiger partial charge in [-0.3, -0.25) is 0 Å². The minimum Gasteiger partial charge on any atom is -0.391 e. The second-order valence-corrected chi connectivity index (χ2v) is 5.24. The third-order valence-electron chi connectivity index (χ3n) is 2.89. The molecule has 1 aliphatic rings. The van der Waals surface area contributed by atoms with Crippen molar-refractivity contribution in [3.8, 4) is 0 Å². The van der Waals surface area contributed by atoms with Crippen molar-refractivity contribution in [1.29, 1.82) is 0 Å². The van der Waals surface area contributed by atoms with Crippen LogP contribution in [0.3, 0.4) is 0 Å². The van der Waals surface area contributed by atoms with Gasteiger partial charge in [-0.15, -0.1) is 16.8 Å². The van der Waals surface area contributed by atoms with Gasteiger partial charge < -0.3 is 15.1 Å². The molecule has 0 saturated carbocycles. The Morgan fingerprint density at radius 2 is 2.42 bits per heavy atom. The van der Waals surface area contributed by atoms with E-state index in [2.05, 4.69) is 28.9 Å². The van der Waals surface area contributed by atoms with Gasteiger partial charge in [0.05, 0.1) is 12.3 Å². The summed E-state index contributed by atoms with van der Waals surface area (Å²) < 4.78 is 1.98. The molecule has 0 aromatic carbocycles. The highest BCUT2D eigenvalue weighted by Crippen LogP contribution is 2.23. The Hall–Kier alpha value is -1.34. The van der Waals surface area contributed by atoms with E-state index in [1.54, 1.807) is 11.8 Å².